The highest BCUT2D eigenvalue weighted by molar-refractivity contribution is 9.10. The third-order valence-electron chi connectivity index (χ3n) is 2.55. The number of rotatable bonds is 4. The average Bonchev–Trinajstić information content (AvgIpc) is 2.38. The Labute approximate surface area is 114 Å². The summed E-state index contributed by atoms with van der Waals surface area (Å²) in [6.45, 7) is 2.43. The predicted octanol–water partition coefficient (Wildman–Crippen LogP) is 3.02. The third-order valence-corrected chi connectivity index (χ3v) is 3.04. The molecule has 18 heavy (non-hydrogen) atoms. The lowest BCUT2D eigenvalue weighted by Crippen LogP contribution is -2.12. The molecule has 5 heteroatoms. The van der Waals surface area contributed by atoms with E-state index in [1.807, 2.05) is 37.3 Å². The molecule has 0 spiro atoms. The van der Waals surface area contributed by atoms with Gasteiger partial charge in [-0.15, -0.1) is 0 Å². The van der Waals surface area contributed by atoms with Crippen LogP contribution in [0.4, 0.5) is 5.82 Å². The number of ether oxygens (including phenoxy) is 1. The zero-order chi connectivity index (χ0) is 13.0. The van der Waals surface area contributed by atoms with Crippen LogP contribution < -0.4 is 16.0 Å². The van der Waals surface area contributed by atoms with Crippen LogP contribution in [0.15, 0.2) is 41.0 Å². The van der Waals surface area contributed by atoms with E-state index < -0.39 is 0 Å². The topological polar surface area (TPSA) is 60.2 Å². The zero-order valence-corrected chi connectivity index (χ0v) is 11.6. The molecular weight excluding hydrogens is 294 g/mol. The Bertz CT molecular complexity index is 546. The normalized spacial score (nSPS) is 10.2. The number of hydrogen-bond donors (Lipinski definition) is 2. The van der Waals surface area contributed by atoms with E-state index in [1.54, 1.807) is 6.20 Å². The summed E-state index contributed by atoms with van der Waals surface area (Å²) in [4.78, 5) is 4.12. The molecule has 2 rings (SSSR count). The number of halogens is 1. The molecule has 0 radical (unpaired) electrons. The van der Waals surface area contributed by atoms with Gasteiger partial charge in [-0.3, -0.25) is 0 Å². The molecule has 0 unspecified atom stereocenters. The van der Waals surface area contributed by atoms with Crippen molar-refractivity contribution < 1.29 is 4.74 Å². The maximum atomic E-state index is 5.76. The number of aromatic nitrogens is 1. The summed E-state index contributed by atoms with van der Waals surface area (Å²) >= 11 is 3.42. The molecule has 0 saturated heterocycles. The van der Waals surface area contributed by atoms with Gasteiger partial charge in [0.2, 0.25) is 0 Å². The first-order chi connectivity index (χ1) is 8.70. The summed E-state index contributed by atoms with van der Waals surface area (Å²) in [5, 5.41) is 0. The van der Waals surface area contributed by atoms with Gasteiger partial charge in [0.1, 0.15) is 18.2 Å². The summed E-state index contributed by atoms with van der Waals surface area (Å²) in [6.07, 6.45) is 1.68. The summed E-state index contributed by atoms with van der Waals surface area (Å²) < 4.78 is 6.80. The predicted molar refractivity (Wildman–Crippen MR) is 75.3 cm³/mol. The molecule has 0 saturated carbocycles. The fourth-order valence-electron chi connectivity index (χ4n) is 1.62. The first kappa shape index (κ1) is 12.9. The van der Waals surface area contributed by atoms with Gasteiger partial charge in [0.15, 0.2) is 0 Å². The average molecular weight is 308 g/mol. The van der Waals surface area contributed by atoms with E-state index in [-0.39, 0.29) is 0 Å². The molecule has 3 N–H and O–H groups in total. The van der Waals surface area contributed by atoms with Crippen molar-refractivity contribution in [3.8, 4) is 5.75 Å². The molecule has 1 aromatic heterocycles. The Morgan fingerprint density at radius 1 is 1.39 bits per heavy atom. The summed E-state index contributed by atoms with van der Waals surface area (Å²) in [7, 11) is 0. The van der Waals surface area contributed by atoms with Crippen LogP contribution in [0.2, 0.25) is 0 Å². The Morgan fingerprint density at radius 2 is 2.22 bits per heavy atom. The SMILES string of the molecule is Cc1cc(Br)ccc1OCc1cccnc1NN. The van der Waals surface area contributed by atoms with Crippen molar-refractivity contribution in [2.24, 2.45) is 5.84 Å². The number of nitrogens with one attached hydrogen (secondary N) is 1. The minimum atomic E-state index is 0.426. The van der Waals surface area contributed by atoms with Gasteiger partial charge in [0.05, 0.1) is 0 Å². The third kappa shape index (κ3) is 3.00. The lowest BCUT2D eigenvalue weighted by Gasteiger charge is -2.11. The largest absolute Gasteiger partial charge is 0.488 e. The molecule has 1 aromatic carbocycles. The summed E-state index contributed by atoms with van der Waals surface area (Å²) in [5.74, 6) is 6.88. The van der Waals surface area contributed by atoms with Gasteiger partial charge in [0, 0.05) is 16.2 Å². The van der Waals surface area contributed by atoms with Gasteiger partial charge in [-0.1, -0.05) is 22.0 Å². The quantitative estimate of drug-likeness (QED) is 0.673. The molecule has 0 fully saturated rings. The zero-order valence-electron chi connectivity index (χ0n) is 9.98. The second-order valence-corrected chi connectivity index (χ2v) is 4.77. The highest BCUT2D eigenvalue weighted by Crippen LogP contribution is 2.23. The number of hydrazine groups is 1. The van der Waals surface area contributed by atoms with Gasteiger partial charge in [-0.05, 0) is 36.8 Å². The van der Waals surface area contributed by atoms with E-state index in [0.29, 0.717) is 12.4 Å². The van der Waals surface area contributed by atoms with Gasteiger partial charge in [-0.25, -0.2) is 10.8 Å². The highest BCUT2D eigenvalue weighted by Gasteiger charge is 2.04. The van der Waals surface area contributed by atoms with Gasteiger partial charge in [0.25, 0.3) is 0 Å². The summed E-state index contributed by atoms with van der Waals surface area (Å²) in [5.41, 5.74) is 4.55. The number of nitrogens with zero attached hydrogens (tertiary/aromatic N) is 1. The Balaban J connectivity index is 2.11. The second-order valence-electron chi connectivity index (χ2n) is 3.85. The van der Waals surface area contributed by atoms with Crippen LogP contribution in [0.5, 0.6) is 5.75 Å². The Hall–Kier alpha value is -1.59. The van der Waals surface area contributed by atoms with Crippen molar-refractivity contribution in [1.29, 1.82) is 0 Å². The van der Waals surface area contributed by atoms with E-state index in [4.69, 9.17) is 10.6 Å². The van der Waals surface area contributed by atoms with Crippen molar-refractivity contribution >= 4 is 21.7 Å². The molecule has 0 atom stereocenters. The molecule has 0 bridgehead atoms. The van der Waals surface area contributed by atoms with E-state index in [1.165, 1.54) is 0 Å². The molecule has 0 aliphatic carbocycles. The number of nitrogen functional groups attached to an aromatic ring is 1. The number of aryl methyl sites for hydroxylation is 1. The van der Waals surface area contributed by atoms with Crippen molar-refractivity contribution in [2.75, 3.05) is 5.43 Å². The number of pyridine rings is 1. The second kappa shape index (κ2) is 5.84. The minimum Gasteiger partial charge on any atom is -0.488 e. The number of nitrogens with two attached hydrogens (primary N) is 1. The standard InChI is InChI=1S/C13H14BrN3O/c1-9-7-11(14)4-5-12(9)18-8-10-3-2-6-16-13(10)17-15/h2-7H,8,15H2,1H3,(H,16,17). The molecule has 94 valence electrons. The molecule has 4 nitrogen and oxygen atoms in total. The lowest BCUT2D eigenvalue weighted by atomic mass is 10.2. The fourth-order valence-corrected chi connectivity index (χ4v) is 2.09. The number of benzene rings is 1. The van der Waals surface area contributed by atoms with Crippen LogP contribution in [0.1, 0.15) is 11.1 Å². The minimum absolute atomic E-state index is 0.426. The molecule has 0 aliphatic rings. The van der Waals surface area contributed by atoms with Crippen molar-refractivity contribution in [3.05, 3.63) is 52.1 Å². The van der Waals surface area contributed by atoms with Crippen molar-refractivity contribution in [2.45, 2.75) is 13.5 Å². The number of anilines is 1. The van der Waals surface area contributed by atoms with Gasteiger partial charge in [-0.2, -0.15) is 0 Å². The van der Waals surface area contributed by atoms with Crippen molar-refractivity contribution in [1.82, 2.24) is 4.98 Å². The van der Waals surface area contributed by atoms with Crippen LogP contribution in [-0.2, 0) is 6.61 Å². The van der Waals surface area contributed by atoms with E-state index in [0.717, 1.165) is 21.3 Å². The Kier molecular flexibility index (Phi) is 4.17. The monoisotopic (exact) mass is 307 g/mol. The van der Waals surface area contributed by atoms with Gasteiger partial charge < -0.3 is 10.2 Å². The first-order valence-corrected chi connectivity index (χ1v) is 6.29. The molecule has 0 aliphatic heterocycles. The van der Waals surface area contributed by atoms with Crippen LogP contribution in [0, 0.1) is 6.92 Å². The number of hydrogen-bond acceptors (Lipinski definition) is 4. The maximum absolute atomic E-state index is 5.76. The summed E-state index contributed by atoms with van der Waals surface area (Å²) in [6, 6.07) is 9.68. The molecule has 2 aromatic rings. The van der Waals surface area contributed by atoms with E-state index in [2.05, 4.69) is 26.3 Å². The van der Waals surface area contributed by atoms with Crippen LogP contribution in [0.3, 0.4) is 0 Å². The van der Waals surface area contributed by atoms with E-state index in [9.17, 15) is 0 Å². The van der Waals surface area contributed by atoms with Gasteiger partial charge >= 0.3 is 0 Å². The highest BCUT2D eigenvalue weighted by atomic mass is 79.9. The first-order valence-electron chi connectivity index (χ1n) is 5.50. The molecule has 1 heterocycles. The van der Waals surface area contributed by atoms with E-state index >= 15 is 0 Å². The Morgan fingerprint density at radius 3 is 2.94 bits per heavy atom. The van der Waals surface area contributed by atoms with Crippen LogP contribution in [0.25, 0.3) is 0 Å². The van der Waals surface area contributed by atoms with Crippen molar-refractivity contribution in [3.63, 3.8) is 0 Å². The van der Waals surface area contributed by atoms with Crippen LogP contribution >= 0.6 is 15.9 Å². The lowest BCUT2D eigenvalue weighted by molar-refractivity contribution is 0.304. The maximum Gasteiger partial charge on any atom is 0.146 e. The molecule has 0 amide bonds. The smallest absolute Gasteiger partial charge is 0.146 e. The fraction of sp³-hybridized carbons (Fsp3) is 0.154. The van der Waals surface area contributed by atoms with Crippen LogP contribution in [-0.4, -0.2) is 4.98 Å². The molecular formula is C13H14BrN3O.